The van der Waals surface area contributed by atoms with E-state index < -0.39 is 17.5 Å². The van der Waals surface area contributed by atoms with Gasteiger partial charge in [-0.05, 0) is 30.8 Å². The third-order valence-corrected chi connectivity index (χ3v) is 2.67. The van der Waals surface area contributed by atoms with Crippen LogP contribution in [0, 0.1) is 17.5 Å². The molecule has 1 nitrogen and oxygen atoms in total. The fourth-order valence-corrected chi connectivity index (χ4v) is 1.81. The SMILES string of the molecule is CNCc1ccc(-c2c(F)cccc2F)cc1F. The van der Waals surface area contributed by atoms with Crippen molar-refractivity contribution in [3.05, 3.63) is 59.4 Å². The van der Waals surface area contributed by atoms with E-state index in [1.54, 1.807) is 7.05 Å². The van der Waals surface area contributed by atoms with Gasteiger partial charge in [-0.3, -0.25) is 0 Å². The van der Waals surface area contributed by atoms with Gasteiger partial charge in [0.1, 0.15) is 17.5 Å². The summed E-state index contributed by atoms with van der Waals surface area (Å²) in [5, 5.41) is 2.82. The molecular weight excluding hydrogens is 239 g/mol. The summed E-state index contributed by atoms with van der Waals surface area (Å²) < 4.78 is 40.8. The zero-order valence-corrected chi connectivity index (χ0v) is 9.81. The standard InChI is InChI=1S/C14H12F3N/c1-18-8-10-6-5-9(7-13(10)17)14-11(15)3-2-4-12(14)16/h2-7,18H,8H2,1H3. The van der Waals surface area contributed by atoms with Gasteiger partial charge in [-0.2, -0.15) is 0 Å². The van der Waals surface area contributed by atoms with Crippen molar-refractivity contribution in [2.45, 2.75) is 6.54 Å². The van der Waals surface area contributed by atoms with E-state index in [1.807, 2.05) is 0 Å². The van der Waals surface area contributed by atoms with Crippen LogP contribution in [0.5, 0.6) is 0 Å². The first-order chi connectivity index (χ1) is 8.63. The third-order valence-electron chi connectivity index (χ3n) is 2.67. The molecule has 0 radical (unpaired) electrons. The van der Waals surface area contributed by atoms with Crippen molar-refractivity contribution in [2.75, 3.05) is 7.05 Å². The van der Waals surface area contributed by atoms with Crippen molar-refractivity contribution in [2.24, 2.45) is 0 Å². The van der Waals surface area contributed by atoms with Gasteiger partial charge in [-0.15, -0.1) is 0 Å². The minimum absolute atomic E-state index is 0.197. The molecule has 0 aromatic heterocycles. The third kappa shape index (κ3) is 2.38. The number of hydrogen-bond acceptors (Lipinski definition) is 1. The van der Waals surface area contributed by atoms with Crippen molar-refractivity contribution in [1.29, 1.82) is 0 Å². The van der Waals surface area contributed by atoms with Crippen LogP contribution in [-0.2, 0) is 6.54 Å². The number of nitrogens with one attached hydrogen (secondary N) is 1. The summed E-state index contributed by atoms with van der Waals surface area (Å²) in [6.07, 6.45) is 0. The summed E-state index contributed by atoms with van der Waals surface area (Å²) in [6, 6.07) is 7.76. The van der Waals surface area contributed by atoms with Gasteiger partial charge in [0, 0.05) is 12.1 Å². The highest BCUT2D eigenvalue weighted by Gasteiger charge is 2.12. The van der Waals surface area contributed by atoms with E-state index >= 15 is 0 Å². The Morgan fingerprint density at radius 3 is 2.17 bits per heavy atom. The average molecular weight is 251 g/mol. The fourth-order valence-electron chi connectivity index (χ4n) is 1.81. The van der Waals surface area contributed by atoms with Crippen molar-refractivity contribution in [3.63, 3.8) is 0 Å². The van der Waals surface area contributed by atoms with Crippen LogP contribution in [0.15, 0.2) is 36.4 Å². The smallest absolute Gasteiger partial charge is 0.133 e. The summed E-state index contributed by atoms with van der Waals surface area (Å²) in [4.78, 5) is 0. The second-order valence-electron chi connectivity index (χ2n) is 3.93. The molecular formula is C14H12F3N. The van der Waals surface area contributed by atoms with Crippen LogP contribution in [-0.4, -0.2) is 7.05 Å². The second-order valence-corrected chi connectivity index (χ2v) is 3.93. The molecule has 0 spiro atoms. The number of rotatable bonds is 3. The van der Waals surface area contributed by atoms with E-state index in [4.69, 9.17) is 0 Å². The molecule has 0 aliphatic carbocycles. The van der Waals surface area contributed by atoms with Gasteiger partial charge in [0.2, 0.25) is 0 Å². The monoisotopic (exact) mass is 251 g/mol. The Morgan fingerprint density at radius 1 is 0.944 bits per heavy atom. The van der Waals surface area contributed by atoms with Crippen LogP contribution in [0.4, 0.5) is 13.2 Å². The lowest BCUT2D eigenvalue weighted by Gasteiger charge is -2.08. The Hall–Kier alpha value is -1.81. The van der Waals surface area contributed by atoms with Crippen LogP contribution in [0.2, 0.25) is 0 Å². The summed E-state index contributed by atoms with van der Waals surface area (Å²) in [5.74, 6) is -1.88. The second kappa shape index (κ2) is 5.23. The predicted octanol–water partition coefficient (Wildman–Crippen LogP) is 3.49. The molecule has 0 atom stereocenters. The zero-order valence-electron chi connectivity index (χ0n) is 9.81. The van der Waals surface area contributed by atoms with Crippen LogP contribution in [0.1, 0.15) is 5.56 Å². The first-order valence-corrected chi connectivity index (χ1v) is 5.51. The minimum Gasteiger partial charge on any atom is -0.316 e. The maximum absolute atomic E-state index is 13.7. The molecule has 0 aliphatic heterocycles. The molecule has 2 aromatic rings. The van der Waals surface area contributed by atoms with Gasteiger partial charge in [-0.1, -0.05) is 18.2 Å². The topological polar surface area (TPSA) is 12.0 Å². The van der Waals surface area contributed by atoms with Crippen molar-refractivity contribution in [3.8, 4) is 11.1 Å². The average Bonchev–Trinajstić information content (AvgIpc) is 2.32. The van der Waals surface area contributed by atoms with E-state index in [1.165, 1.54) is 18.2 Å². The molecule has 0 heterocycles. The normalized spacial score (nSPS) is 10.7. The molecule has 0 unspecified atom stereocenters. The Morgan fingerprint density at radius 2 is 1.61 bits per heavy atom. The van der Waals surface area contributed by atoms with Gasteiger partial charge in [0.05, 0.1) is 5.56 Å². The van der Waals surface area contributed by atoms with Crippen LogP contribution in [0.3, 0.4) is 0 Å². The van der Waals surface area contributed by atoms with Crippen molar-refractivity contribution < 1.29 is 13.2 Å². The van der Waals surface area contributed by atoms with Crippen LogP contribution >= 0.6 is 0 Å². The molecule has 0 aliphatic rings. The van der Waals surface area contributed by atoms with Crippen molar-refractivity contribution >= 4 is 0 Å². The number of benzene rings is 2. The minimum atomic E-state index is -0.698. The first-order valence-electron chi connectivity index (χ1n) is 5.51. The maximum Gasteiger partial charge on any atom is 0.133 e. The molecule has 0 saturated carbocycles. The predicted molar refractivity (Wildman–Crippen MR) is 64.5 cm³/mol. The summed E-state index contributed by atoms with van der Waals surface area (Å²) in [5.41, 5.74) is 0.452. The molecule has 0 amide bonds. The van der Waals surface area contributed by atoms with Gasteiger partial charge >= 0.3 is 0 Å². The molecule has 1 N–H and O–H groups in total. The molecule has 0 fully saturated rings. The maximum atomic E-state index is 13.7. The number of hydrogen-bond donors (Lipinski definition) is 1. The highest BCUT2D eigenvalue weighted by Crippen LogP contribution is 2.27. The summed E-state index contributed by atoms with van der Waals surface area (Å²) in [6.45, 7) is 0.367. The number of halogens is 3. The van der Waals surface area contributed by atoms with E-state index in [-0.39, 0.29) is 11.1 Å². The lowest BCUT2D eigenvalue weighted by atomic mass is 10.0. The van der Waals surface area contributed by atoms with Gasteiger partial charge in [0.25, 0.3) is 0 Å². The molecule has 2 aromatic carbocycles. The highest BCUT2D eigenvalue weighted by molar-refractivity contribution is 5.65. The van der Waals surface area contributed by atoms with Gasteiger partial charge in [0.15, 0.2) is 0 Å². The summed E-state index contributed by atoms with van der Waals surface area (Å²) in [7, 11) is 1.70. The lowest BCUT2D eigenvalue weighted by Crippen LogP contribution is -2.07. The Labute approximate surface area is 103 Å². The van der Waals surface area contributed by atoms with Crippen LogP contribution < -0.4 is 5.32 Å². The summed E-state index contributed by atoms with van der Waals surface area (Å²) >= 11 is 0. The van der Waals surface area contributed by atoms with E-state index in [0.717, 1.165) is 18.2 Å². The van der Waals surface area contributed by atoms with E-state index in [2.05, 4.69) is 5.32 Å². The lowest BCUT2D eigenvalue weighted by molar-refractivity contribution is 0.586. The van der Waals surface area contributed by atoms with Gasteiger partial charge < -0.3 is 5.32 Å². The largest absolute Gasteiger partial charge is 0.316 e. The highest BCUT2D eigenvalue weighted by atomic mass is 19.1. The van der Waals surface area contributed by atoms with Crippen molar-refractivity contribution in [1.82, 2.24) is 5.32 Å². The van der Waals surface area contributed by atoms with E-state index in [0.29, 0.717) is 12.1 Å². The Bertz CT molecular complexity index is 547. The van der Waals surface area contributed by atoms with E-state index in [9.17, 15) is 13.2 Å². The molecule has 0 saturated heterocycles. The molecule has 2 rings (SSSR count). The quantitative estimate of drug-likeness (QED) is 0.880. The van der Waals surface area contributed by atoms with Crippen LogP contribution in [0.25, 0.3) is 11.1 Å². The fraction of sp³-hybridized carbons (Fsp3) is 0.143. The molecule has 4 heteroatoms. The molecule has 0 bridgehead atoms. The molecule has 18 heavy (non-hydrogen) atoms. The molecule has 94 valence electrons. The van der Waals surface area contributed by atoms with Gasteiger partial charge in [-0.25, -0.2) is 13.2 Å². The Kier molecular flexibility index (Phi) is 3.67. The zero-order chi connectivity index (χ0) is 13.1. The first kappa shape index (κ1) is 12.6. The Balaban J connectivity index is 2.49.